The zero-order chi connectivity index (χ0) is 19.0. The van der Waals surface area contributed by atoms with Gasteiger partial charge < -0.3 is 10.3 Å². The molecule has 140 valence electrons. The molecule has 2 aromatic heterocycles. The maximum Gasteiger partial charge on any atom is 0.259 e. The van der Waals surface area contributed by atoms with E-state index in [1.165, 1.54) is 29.1 Å². The van der Waals surface area contributed by atoms with Gasteiger partial charge in [0.05, 0.1) is 18.5 Å². The molecule has 0 saturated heterocycles. The van der Waals surface area contributed by atoms with E-state index in [9.17, 15) is 14.0 Å². The molecule has 0 bridgehead atoms. The molecule has 1 aliphatic carbocycles. The Balaban J connectivity index is 1.43. The highest BCUT2D eigenvalue weighted by atomic mass is 32.1. The van der Waals surface area contributed by atoms with Gasteiger partial charge in [0.15, 0.2) is 0 Å². The summed E-state index contributed by atoms with van der Waals surface area (Å²) in [6, 6.07) is 5.61. The van der Waals surface area contributed by atoms with E-state index in [2.05, 4.69) is 15.3 Å². The first kappa shape index (κ1) is 17.8. The smallest absolute Gasteiger partial charge is 0.259 e. The minimum Gasteiger partial charge on any atom is -0.325 e. The molecular weight excluding hydrogens is 367 g/mol. The van der Waals surface area contributed by atoms with E-state index in [1.54, 1.807) is 23.3 Å². The predicted molar refractivity (Wildman–Crippen MR) is 104 cm³/mol. The molecule has 27 heavy (non-hydrogen) atoms. The van der Waals surface area contributed by atoms with Gasteiger partial charge in [-0.25, -0.2) is 9.37 Å². The van der Waals surface area contributed by atoms with Crippen molar-refractivity contribution in [2.24, 2.45) is 0 Å². The highest BCUT2D eigenvalue weighted by Crippen LogP contribution is 2.34. The molecular formula is C19H19FN4O2S. The molecule has 8 heteroatoms. The summed E-state index contributed by atoms with van der Waals surface area (Å²) < 4.78 is 12.9. The summed E-state index contributed by atoms with van der Waals surface area (Å²) in [5.74, 6) is -0.0257. The number of amides is 1. The van der Waals surface area contributed by atoms with Gasteiger partial charge >= 0.3 is 0 Å². The van der Waals surface area contributed by atoms with Crippen molar-refractivity contribution in [3.63, 3.8) is 0 Å². The second-order valence-electron chi connectivity index (χ2n) is 6.78. The molecule has 1 aliphatic rings. The lowest BCUT2D eigenvalue weighted by Crippen LogP contribution is -2.31. The number of nitrogens with one attached hydrogen (secondary N) is 2. The van der Waals surface area contributed by atoms with Crippen LogP contribution in [0.25, 0.3) is 10.2 Å². The molecule has 0 spiro atoms. The Labute approximate surface area is 159 Å². The Hall–Kier alpha value is -2.58. The second kappa shape index (κ2) is 7.21. The molecule has 2 heterocycles. The average Bonchev–Trinajstić information content (AvgIpc) is 3.17. The molecule has 0 radical (unpaired) electrons. The fourth-order valence-corrected chi connectivity index (χ4v) is 4.69. The number of hydrogen-bond donors (Lipinski definition) is 2. The van der Waals surface area contributed by atoms with Gasteiger partial charge in [-0.3, -0.25) is 14.5 Å². The Morgan fingerprint density at radius 2 is 2.11 bits per heavy atom. The zero-order valence-electron chi connectivity index (χ0n) is 14.8. The van der Waals surface area contributed by atoms with Crippen LogP contribution in [0, 0.1) is 5.82 Å². The Kier molecular flexibility index (Phi) is 4.75. The molecule has 0 aliphatic heterocycles. The van der Waals surface area contributed by atoms with Gasteiger partial charge in [-0.15, -0.1) is 11.3 Å². The molecule has 6 nitrogen and oxygen atoms in total. The first-order chi connectivity index (χ1) is 13.0. The zero-order valence-corrected chi connectivity index (χ0v) is 15.7. The molecule has 0 unspecified atom stereocenters. The predicted octanol–water partition coefficient (Wildman–Crippen LogP) is 2.68. The number of nitrogens with zero attached hydrogens (tertiary/aromatic N) is 2. The van der Waals surface area contributed by atoms with E-state index in [1.807, 2.05) is 0 Å². The lowest BCUT2D eigenvalue weighted by molar-refractivity contribution is -0.117. The fourth-order valence-electron chi connectivity index (χ4n) is 3.41. The molecule has 3 aromatic rings. The number of likely N-dealkylation sites (N-methyl/N-ethyl adjacent to an activating group) is 1. The number of aromatic amines is 1. The molecule has 2 N–H and O–H groups in total. The number of thiophene rings is 1. The van der Waals surface area contributed by atoms with Crippen LogP contribution in [-0.4, -0.2) is 34.4 Å². The van der Waals surface area contributed by atoms with Gasteiger partial charge in [-0.05, 0) is 56.1 Å². The van der Waals surface area contributed by atoms with Gasteiger partial charge in [0.1, 0.15) is 16.5 Å². The van der Waals surface area contributed by atoms with Gasteiger partial charge in [0.25, 0.3) is 5.56 Å². The van der Waals surface area contributed by atoms with Crippen LogP contribution in [0.1, 0.15) is 22.7 Å². The quantitative estimate of drug-likeness (QED) is 0.707. The SMILES string of the molecule is CN(CC(=O)Nc1ccc(F)cc1)Cc1nc2sc3c(c2c(=O)[nH]1)CCC3. The standard InChI is InChI=1S/C19H19FN4O2S/c1-24(10-16(25)21-12-7-5-11(20)6-8-12)9-15-22-18(26)17-13-3-2-4-14(13)27-19(17)23-15/h5-8H,2-4,9-10H2,1H3,(H,21,25)(H,22,23,26). The molecule has 1 aromatic carbocycles. The highest BCUT2D eigenvalue weighted by Gasteiger charge is 2.21. The Morgan fingerprint density at radius 3 is 2.89 bits per heavy atom. The number of aryl methyl sites for hydroxylation is 2. The molecule has 0 fully saturated rings. The number of fused-ring (bicyclic) bond motifs is 3. The van der Waals surface area contributed by atoms with Crippen molar-refractivity contribution in [2.75, 3.05) is 18.9 Å². The van der Waals surface area contributed by atoms with E-state index in [4.69, 9.17) is 0 Å². The van der Waals surface area contributed by atoms with Crippen LogP contribution >= 0.6 is 11.3 Å². The highest BCUT2D eigenvalue weighted by molar-refractivity contribution is 7.18. The largest absolute Gasteiger partial charge is 0.325 e. The third-order valence-electron chi connectivity index (χ3n) is 4.59. The summed E-state index contributed by atoms with van der Waals surface area (Å²) in [6.07, 6.45) is 3.07. The first-order valence-corrected chi connectivity index (χ1v) is 9.58. The Morgan fingerprint density at radius 1 is 1.33 bits per heavy atom. The molecule has 0 atom stereocenters. The lowest BCUT2D eigenvalue weighted by Gasteiger charge is -2.15. The van der Waals surface area contributed by atoms with Crippen molar-refractivity contribution in [1.29, 1.82) is 0 Å². The maximum absolute atomic E-state index is 12.9. The van der Waals surface area contributed by atoms with E-state index in [0.29, 0.717) is 18.1 Å². The number of halogens is 1. The fraction of sp³-hybridized carbons (Fsp3) is 0.316. The second-order valence-corrected chi connectivity index (χ2v) is 7.86. The van der Waals surface area contributed by atoms with Crippen molar-refractivity contribution in [3.8, 4) is 0 Å². The summed E-state index contributed by atoms with van der Waals surface area (Å²) in [5, 5.41) is 3.44. The van der Waals surface area contributed by atoms with E-state index >= 15 is 0 Å². The minimum absolute atomic E-state index is 0.0986. The van der Waals surface area contributed by atoms with Crippen LogP contribution in [0.5, 0.6) is 0 Å². The number of anilines is 1. The normalized spacial score (nSPS) is 13.3. The average molecular weight is 386 g/mol. The third-order valence-corrected chi connectivity index (χ3v) is 5.77. The van der Waals surface area contributed by atoms with Gasteiger partial charge in [0, 0.05) is 10.6 Å². The number of benzene rings is 1. The third kappa shape index (κ3) is 3.77. The van der Waals surface area contributed by atoms with Gasteiger partial charge in [0.2, 0.25) is 5.91 Å². The number of H-pyrrole nitrogens is 1. The van der Waals surface area contributed by atoms with Gasteiger partial charge in [-0.2, -0.15) is 0 Å². The molecule has 1 amide bonds. The van der Waals surface area contributed by atoms with E-state index < -0.39 is 0 Å². The van der Waals surface area contributed by atoms with E-state index in [-0.39, 0.29) is 23.8 Å². The monoisotopic (exact) mass is 386 g/mol. The van der Waals surface area contributed by atoms with Gasteiger partial charge in [-0.1, -0.05) is 0 Å². The van der Waals surface area contributed by atoms with Crippen molar-refractivity contribution in [2.45, 2.75) is 25.8 Å². The topological polar surface area (TPSA) is 78.1 Å². The van der Waals surface area contributed by atoms with Crippen LogP contribution in [-0.2, 0) is 24.2 Å². The maximum atomic E-state index is 12.9. The summed E-state index contributed by atoms with van der Waals surface area (Å²) in [4.78, 5) is 35.9. The number of rotatable bonds is 5. The summed E-state index contributed by atoms with van der Waals surface area (Å²) >= 11 is 1.60. The van der Waals surface area contributed by atoms with Crippen molar-refractivity contribution in [1.82, 2.24) is 14.9 Å². The van der Waals surface area contributed by atoms with Crippen molar-refractivity contribution < 1.29 is 9.18 Å². The summed E-state index contributed by atoms with van der Waals surface area (Å²) in [7, 11) is 1.78. The summed E-state index contributed by atoms with van der Waals surface area (Å²) in [6.45, 7) is 0.477. The van der Waals surface area contributed by atoms with Crippen molar-refractivity contribution >= 4 is 33.1 Å². The van der Waals surface area contributed by atoms with Crippen LogP contribution in [0.15, 0.2) is 29.1 Å². The number of hydrogen-bond acceptors (Lipinski definition) is 5. The first-order valence-electron chi connectivity index (χ1n) is 8.77. The van der Waals surface area contributed by atoms with Crippen LogP contribution < -0.4 is 10.9 Å². The lowest BCUT2D eigenvalue weighted by atomic mass is 10.2. The molecule has 0 saturated carbocycles. The molecule has 4 rings (SSSR count). The van der Waals surface area contributed by atoms with Crippen LogP contribution in [0.2, 0.25) is 0 Å². The Bertz CT molecular complexity index is 1060. The number of carbonyl (C=O) groups is 1. The summed E-state index contributed by atoms with van der Waals surface area (Å²) in [5.41, 5.74) is 1.59. The number of aromatic nitrogens is 2. The van der Waals surface area contributed by atoms with E-state index in [0.717, 1.165) is 35.0 Å². The van der Waals surface area contributed by atoms with Crippen LogP contribution in [0.4, 0.5) is 10.1 Å². The van der Waals surface area contributed by atoms with Crippen LogP contribution in [0.3, 0.4) is 0 Å². The van der Waals surface area contributed by atoms with Crippen molar-refractivity contribution in [3.05, 3.63) is 56.7 Å². The minimum atomic E-state index is -0.352. The number of carbonyl (C=O) groups excluding carboxylic acids is 1.